The van der Waals surface area contributed by atoms with Crippen LogP contribution in [0.25, 0.3) is 0 Å². The summed E-state index contributed by atoms with van der Waals surface area (Å²) in [6.45, 7) is 6.51. The highest BCUT2D eigenvalue weighted by Crippen LogP contribution is 2.49. The van der Waals surface area contributed by atoms with Gasteiger partial charge in [-0.3, -0.25) is 4.79 Å². The monoisotopic (exact) mass is 599 g/mol. The second-order valence-electron chi connectivity index (χ2n) is 13.1. The number of carboxylic acids is 1. The molecule has 2 fully saturated rings. The van der Waals surface area contributed by atoms with E-state index in [1.807, 2.05) is 69.4 Å². The molecular formula is C35H41N3O6. The van der Waals surface area contributed by atoms with Crippen LogP contribution in [0.5, 0.6) is 17.4 Å². The molecule has 0 unspecified atom stereocenters. The van der Waals surface area contributed by atoms with Crippen LogP contribution in [0.4, 0.5) is 0 Å². The number of nitrogens with one attached hydrogen (secondary N) is 1. The smallest absolute Gasteiger partial charge is 0.326 e. The molecule has 2 aliphatic heterocycles. The van der Waals surface area contributed by atoms with E-state index in [9.17, 15) is 14.7 Å². The van der Waals surface area contributed by atoms with Crippen molar-refractivity contribution in [3.63, 3.8) is 0 Å². The van der Waals surface area contributed by atoms with Crippen molar-refractivity contribution < 1.29 is 28.9 Å². The standard InChI is InChI=1S/C35H41N3O6/c1-35(2,3)28-29(36-19-24-17-23(21-13-10-14-21)18-37-32(24)42-4)30(22-11-6-5-7-12-22)38(31(28)34(40)41)33(39)27-20-43-25-15-8-9-16-26(25)44-27/h5-9,11-12,15-18,21,27-31,36H,10,13-14,19-20H2,1-4H3,(H,40,41)/t27-,28+,29+,30+,31+/m1/s1. The number of likely N-dealkylation sites (tertiary alicyclic amines) is 1. The average molecular weight is 600 g/mol. The van der Waals surface area contributed by atoms with Crippen molar-refractivity contribution in [1.82, 2.24) is 15.2 Å². The second-order valence-corrected chi connectivity index (χ2v) is 13.1. The van der Waals surface area contributed by atoms with Crippen LogP contribution >= 0.6 is 0 Å². The highest BCUT2D eigenvalue weighted by molar-refractivity contribution is 5.89. The molecule has 3 aromatic rings. The summed E-state index contributed by atoms with van der Waals surface area (Å²) in [6.07, 6.45) is 4.44. The maximum absolute atomic E-state index is 14.5. The number of hydrogen-bond donors (Lipinski definition) is 2. The lowest BCUT2D eigenvalue weighted by Crippen LogP contribution is -2.53. The largest absolute Gasteiger partial charge is 0.485 e. The van der Waals surface area contributed by atoms with Crippen molar-refractivity contribution >= 4 is 11.9 Å². The Hall–Kier alpha value is -4.11. The third-order valence-corrected chi connectivity index (χ3v) is 9.34. The zero-order valence-corrected chi connectivity index (χ0v) is 25.7. The van der Waals surface area contributed by atoms with Crippen molar-refractivity contribution in [3.05, 3.63) is 83.6 Å². The number of hydrogen-bond acceptors (Lipinski definition) is 7. The fourth-order valence-electron chi connectivity index (χ4n) is 7.05. The molecule has 9 nitrogen and oxygen atoms in total. The minimum atomic E-state index is -1.10. The van der Waals surface area contributed by atoms with Crippen molar-refractivity contribution in [3.8, 4) is 17.4 Å². The number of carbonyl (C=O) groups is 2. The van der Waals surface area contributed by atoms with Crippen LogP contribution in [-0.2, 0) is 16.1 Å². The maximum atomic E-state index is 14.5. The van der Waals surface area contributed by atoms with Gasteiger partial charge in [0.25, 0.3) is 5.91 Å². The predicted molar refractivity (Wildman–Crippen MR) is 165 cm³/mol. The third-order valence-electron chi connectivity index (χ3n) is 9.34. The molecule has 3 aliphatic rings. The Morgan fingerprint density at radius 3 is 2.39 bits per heavy atom. The molecule has 1 saturated carbocycles. The van der Waals surface area contributed by atoms with Gasteiger partial charge in [0.15, 0.2) is 11.5 Å². The number of nitrogens with zero attached hydrogens (tertiary/aromatic N) is 2. The van der Waals surface area contributed by atoms with Crippen molar-refractivity contribution in [2.75, 3.05) is 13.7 Å². The zero-order valence-electron chi connectivity index (χ0n) is 25.7. The van der Waals surface area contributed by atoms with Crippen LogP contribution < -0.4 is 19.5 Å². The van der Waals surface area contributed by atoms with Gasteiger partial charge in [-0.1, -0.05) is 69.7 Å². The first-order chi connectivity index (χ1) is 21.2. The van der Waals surface area contributed by atoms with E-state index in [1.54, 1.807) is 19.2 Å². The van der Waals surface area contributed by atoms with E-state index in [-0.39, 0.29) is 6.61 Å². The van der Waals surface area contributed by atoms with Crippen LogP contribution in [0.1, 0.15) is 68.7 Å². The minimum absolute atomic E-state index is 0.00466. The van der Waals surface area contributed by atoms with Crippen molar-refractivity contribution in [1.29, 1.82) is 0 Å². The molecule has 3 heterocycles. The molecule has 1 aromatic heterocycles. The Labute approximate surface area is 258 Å². The number of ether oxygens (including phenoxy) is 3. The zero-order chi connectivity index (χ0) is 31.0. The van der Waals surface area contributed by atoms with Gasteiger partial charge < -0.3 is 29.5 Å². The fraction of sp³-hybridized carbons (Fsp3) is 0.457. The van der Waals surface area contributed by atoms with Crippen LogP contribution in [0.15, 0.2) is 66.9 Å². The molecule has 9 heteroatoms. The van der Waals surface area contributed by atoms with Gasteiger partial charge in [-0.2, -0.15) is 0 Å². The van der Waals surface area contributed by atoms with E-state index in [0.717, 1.165) is 24.0 Å². The predicted octanol–water partition coefficient (Wildman–Crippen LogP) is 5.35. The Morgan fingerprint density at radius 1 is 1.05 bits per heavy atom. The lowest BCUT2D eigenvalue weighted by molar-refractivity contribution is -0.156. The quantitative estimate of drug-likeness (QED) is 0.357. The number of amides is 1. The van der Waals surface area contributed by atoms with Gasteiger partial charge >= 0.3 is 5.97 Å². The molecule has 232 valence electrons. The third kappa shape index (κ3) is 5.61. The van der Waals surface area contributed by atoms with E-state index >= 15 is 0 Å². The molecule has 6 rings (SSSR count). The first-order valence-corrected chi connectivity index (χ1v) is 15.4. The molecule has 1 aliphatic carbocycles. The topological polar surface area (TPSA) is 110 Å². The number of pyridine rings is 1. The number of carboxylic acid groups (broad SMARTS) is 1. The molecule has 44 heavy (non-hydrogen) atoms. The number of para-hydroxylation sites is 2. The number of aliphatic carboxylic acids is 1. The highest BCUT2D eigenvalue weighted by atomic mass is 16.6. The molecule has 0 radical (unpaired) electrons. The van der Waals surface area contributed by atoms with Gasteiger partial charge in [0.05, 0.1) is 13.2 Å². The normalized spacial score (nSPS) is 24.9. The Balaban J connectivity index is 1.39. The van der Waals surface area contributed by atoms with Crippen LogP contribution in [0.3, 0.4) is 0 Å². The summed E-state index contributed by atoms with van der Waals surface area (Å²) in [7, 11) is 1.61. The maximum Gasteiger partial charge on any atom is 0.326 e. The molecule has 0 spiro atoms. The average Bonchev–Trinajstić information content (AvgIpc) is 3.35. The summed E-state index contributed by atoms with van der Waals surface area (Å²) in [5, 5.41) is 14.5. The van der Waals surface area contributed by atoms with Gasteiger partial charge in [-0.25, -0.2) is 9.78 Å². The molecule has 0 bridgehead atoms. The van der Waals surface area contributed by atoms with E-state index in [4.69, 9.17) is 14.2 Å². The first kappa shape index (κ1) is 29.9. The number of benzene rings is 2. The number of methoxy groups -OCH3 is 1. The van der Waals surface area contributed by atoms with Crippen molar-refractivity contribution in [2.24, 2.45) is 11.3 Å². The SMILES string of the molecule is COc1ncc(C2CCC2)cc1CN[C@H]1[C@H](C(C)(C)C)[C@@H](C(=O)O)N(C(=O)[C@H]2COc3ccccc3O2)[C@H]1c1ccccc1. The lowest BCUT2D eigenvalue weighted by Gasteiger charge is -2.36. The van der Waals surface area contributed by atoms with Gasteiger partial charge in [-0.05, 0) is 53.5 Å². The summed E-state index contributed by atoms with van der Waals surface area (Å²) in [6, 6.07) is 16.9. The van der Waals surface area contributed by atoms with Gasteiger partial charge in [-0.15, -0.1) is 0 Å². The van der Waals surface area contributed by atoms with Gasteiger partial charge in [0, 0.05) is 30.3 Å². The van der Waals surface area contributed by atoms with Gasteiger partial charge in [0.1, 0.15) is 12.6 Å². The Bertz CT molecular complexity index is 1500. The summed E-state index contributed by atoms with van der Waals surface area (Å²) in [5.41, 5.74) is 2.48. The number of carbonyl (C=O) groups excluding carboxylic acids is 1. The molecule has 2 aromatic carbocycles. The van der Waals surface area contributed by atoms with E-state index in [2.05, 4.69) is 16.4 Å². The van der Waals surface area contributed by atoms with Crippen molar-refractivity contribution in [2.45, 2.75) is 76.7 Å². The van der Waals surface area contributed by atoms with E-state index in [0.29, 0.717) is 29.8 Å². The molecule has 5 atom stereocenters. The second kappa shape index (κ2) is 12.1. The fourth-order valence-corrected chi connectivity index (χ4v) is 7.05. The summed E-state index contributed by atoms with van der Waals surface area (Å²) >= 11 is 0. The summed E-state index contributed by atoms with van der Waals surface area (Å²) in [4.78, 5) is 33.8. The van der Waals surface area contributed by atoms with Crippen LogP contribution in [0, 0.1) is 11.3 Å². The highest BCUT2D eigenvalue weighted by Gasteiger charge is 2.59. The lowest BCUT2D eigenvalue weighted by atomic mass is 9.72. The van der Waals surface area contributed by atoms with E-state index < -0.39 is 47.4 Å². The first-order valence-electron chi connectivity index (χ1n) is 15.4. The molecule has 1 amide bonds. The Kier molecular flexibility index (Phi) is 8.24. The summed E-state index contributed by atoms with van der Waals surface area (Å²) < 4.78 is 17.7. The van der Waals surface area contributed by atoms with E-state index in [1.165, 1.54) is 16.9 Å². The van der Waals surface area contributed by atoms with Crippen LogP contribution in [-0.4, -0.2) is 58.8 Å². The Morgan fingerprint density at radius 2 is 1.75 bits per heavy atom. The number of rotatable bonds is 8. The minimum Gasteiger partial charge on any atom is -0.485 e. The molecule has 1 saturated heterocycles. The molecular weight excluding hydrogens is 558 g/mol. The number of aromatic nitrogens is 1. The summed E-state index contributed by atoms with van der Waals surface area (Å²) in [5.74, 6) is 0.164. The number of fused-ring (bicyclic) bond motifs is 1. The molecule has 2 N–H and O–H groups in total. The van der Waals surface area contributed by atoms with Crippen LogP contribution in [0.2, 0.25) is 0 Å². The van der Waals surface area contributed by atoms with Gasteiger partial charge in [0.2, 0.25) is 12.0 Å².